The number of carboxylic acid groups (broad SMARTS) is 1. The molecular weight excluding hydrogens is 152 g/mol. The summed E-state index contributed by atoms with van der Waals surface area (Å²) in [7, 11) is 0. The van der Waals surface area contributed by atoms with Gasteiger partial charge in [0, 0.05) is 0 Å². The SMILES string of the molecule is CC1CCC(C)CC(C(=O)O)C1. The van der Waals surface area contributed by atoms with E-state index in [0.717, 1.165) is 12.8 Å². The summed E-state index contributed by atoms with van der Waals surface area (Å²) in [5, 5.41) is 8.90. The summed E-state index contributed by atoms with van der Waals surface area (Å²) < 4.78 is 0. The molecular formula is C10H18O2. The van der Waals surface area contributed by atoms with E-state index in [2.05, 4.69) is 13.8 Å². The van der Waals surface area contributed by atoms with Crippen molar-refractivity contribution >= 4 is 5.97 Å². The topological polar surface area (TPSA) is 37.3 Å². The molecule has 2 heteroatoms. The molecule has 0 aromatic rings. The Labute approximate surface area is 74.0 Å². The quantitative estimate of drug-likeness (QED) is 0.614. The predicted molar refractivity (Wildman–Crippen MR) is 47.9 cm³/mol. The van der Waals surface area contributed by atoms with E-state index in [4.69, 9.17) is 5.11 Å². The summed E-state index contributed by atoms with van der Waals surface area (Å²) in [6.07, 6.45) is 4.15. The maximum atomic E-state index is 10.8. The number of rotatable bonds is 1. The summed E-state index contributed by atoms with van der Waals surface area (Å²) in [4.78, 5) is 10.8. The average Bonchev–Trinajstić information content (AvgIpc) is 2.13. The van der Waals surface area contributed by atoms with Crippen LogP contribution in [0, 0.1) is 17.8 Å². The van der Waals surface area contributed by atoms with Gasteiger partial charge in [-0.25, -0.2) is 0 Å². The fourth-order valence-corrected chi connectivity index (χ4v) is 2.07. The third-order valence-corrected chi connectivity index (χ3v) is 2.88. The first-order valence-electron chi connectivity index (χ1n) is 4.82. The van der Waals surface area contributed by atoms with Gasteiger partial charge in [-0.05, 0) is 24.7 Å². The average molecular weight is 170 g/mol. The van der Waals surface area contributed by atoms with Crippen molar-refractivity contribution in [3.8, 4) is 0 Å². The van der Waals surface area contributed by atoms with Gasteiger partial charge in [0.2, 0.25) is 0 Å². The lowest BCUT2D eigenvalue weighted by molar-refractivity contribution is -0.142. The standard InChI is InChI=1S/C10H18O2/c1-7-3-4-8(2)6-9(5-7)10(11)12/h7-9H,3-6H2,1-2H3,(H,11,12). The van der Waals surface area contributed by atoms with Gasteiger partial charge in [-0.15, -0.1) is 0 Å². The van der Waals surface area contributed by atoms with E-state index in [1.54, 1.807) is 0 Å². The molecule has 70 valence electrons. The molecule has 1 aliphatic rings. The molecule has 0 radical (unpaired) electrons. The van der Waals surface area contributed by atoms with Crippen LogP contribution >= 0.6 is 0 Å². The first-order valence-corrected chi connectivity index (χ1v) is 4.82. The van der Waals surface area contributed by atoms with Crippen molar-refractivity contribution in [2.75, 3.05) is 0 Å². The molecule has 0 amide bonds. The van der Waals surface area contributed by atoms with Crippen LogP contribution in [0.15, 0.2) is 0 Å². The first-order chi connectivity index (χ1) is 5.59. The zero-order chi connectivity index (χ0) is 9.14. The fourth-order valence-electron chi connectivity index (χ4n) is 2.07. The molecule has 12 heavy (non-hydrogen) atoms. The summed E-state index contributed by atoms with van der Waals surface area (Å²) >= 11 is 0. The van der Waals surface area contributed by atoms with Gasteiger partial charge in [-0.3, -0.25) is 4.79 Å². The zero-order valence-electron chi connectivity index (χ0n) is 7.92. The van der Waals surface area contributed by atoms with Gasteiger partial charge < -0.3 is 5.11 Å². The minimum atomic E-state index is -0.601. The van der Waals surface area contributed by atoms with Crippen LogP contribution in [0.25, 0.3) is 0 Å². The molecule has 1 aliphatic carbocycles. The molecule has 2 atom stereocenters. The maximum Gasteiger partial charge on any atom is 0.306 e. The smallest absolute Gasteiger partial charge is 0.306 e. The molecule has 1 fully saturated rings. The van der Waals surface area contributed by atoms with Crippen molar-refractivity contribution in [2.45, 2.75) is 39.5 Å². The molecule has 1 N–H and O–H groups in total. The lowest BCUT2D eigenvalue weighted by Gasteiger charge is -2.12. The molecule has 2 nitrogen and oxygen atoms in total. The molecule has 0 bridgehead atoms. The Morgan fingerprint density at radius 2 is 1.58 bits per heavy atom. The zero-order valence-corrected chi connectivity index (χ0v) is 7.92. The largest absolute Gasteiger partial charge is 0.481 e. The van der Waals surface area contributed by atoms with Crippen molar-refractivity contribution in [3.63, 3.8) is 0 Å². The summed E-state index contributed by atoms with van der Waals surface area (Å²) in [6, 6.07) is 0. The van der Waals surface area contributed by atoms with Crippen molar-refractivity contribution < 1.29 is 9.90 Å². The van der Waals surface area contributed by atoms with Crippen LogP contribution in [0.1, 0.15) is 39.5 Å². The van der Waals surface area contributed by atoms with E-state index in [9.17, 15) is 4.79 Å². The van der Waals surface area contributed by atoms with Crippen molar-refractivity contribution in [1.82, 2.24) is 0 Å². The lowest BCUT2D eigenvalue weighted by Crippen LogP contribution is -2.16. The van der Waals surface area contributed by atoms with Crippen LogP contribution in [-0.2, 0) is 4.79 Å². The Morgan fingerprint density at radius 3 is 1.92 bits per heavy atom. The Bertz CT molecular complexity index is 153. The van der Waals surface area contributed by atoms with E-state index in [1.807, 2.05) is 0 Å². The summed E-state index contributed by atoms with van der Waals surface area (Å²) in [6.45, 7) is 4.32. The Morgan fingerprint density at radius 1 is 1.17 bits per heavy atom. The van der Waals surface area contributed by atoms with E-state index in [-0.39, 0.29) is 5.92 Å². The van der Waals surface area contributed by atoms with Crippen molar-refractivity contribution in [3.05, 3.63) is 0 Å². The molecule has 0 saturated heterocycles. The Kier molecular flexibility index (Phi) is 3.12. The van der Waals surface area contributed by atoms with Gasteiger partial charge in [0.05, 0.1) is 5.92 Å². The van der Waals surface area contributed by atoms with E-state index in [0.29, 0.717) is 11.8 Å². The molecule has 0 aromatic heterocycles. The molecule has 0 heterocycles. The van der Waals surface area contributed by atoms with Crippen LogP contribution in [0.3, 0.4) is 0 Å². The predicted octanol–water partition coefficient (Wildman–Crippen LogP) is 2.53. The monoisotopic (exact) mass is 170 g/mol. The van der Waals surface area contributed by atoms with Crippen molar-refractivity contribution in [2.24, 2.45) is 17.8 Å². The number of hydrogen-bond donors (Lipinski definition) is 1. The second-order valence-electron chi connectivity index (χ2n) is 4.29. The van der Waals surface area contributed by atoms with Gasteiger partial charge in [-0.1, -0.05) is 26.7 Å². The minimum absolute atomic E-state index is 0.0856. The number of aliphatic carboxylic acids is 1. The second-order valence-corrected chi connectivity index (χ2v) is 4.29. The Hall–Kier alpha value is -0.530. The van der Waals surface area contributed by atoms with Crippen LogP contribution < -0.4 is 0 Å². The fraction of sp³-hybridized carbons (Fsp3) is 0.900. The second kappa shape index (κ2) is 3.92. The highest BCUT2D eigenvalue weighted by Gasteiger charge is 2.25. The van der Waals surface area contributed by atoms with Crippen molar-refractivity contribution in [1.29, 1.82) is 0 Å². The van der Waals surface area contributed by atoms with Gasteiger partial charge in [0.1, 0.15) is 0 Å². The normalized spacial score (nSPS) is 37.3. The van der Waals surface area contributed by atoms with E-state index in [1.165, 1.54) is 12.8 Å². The molecule has 0 spiro atoms. The van der Waals surface area contributed by atoms with Gasteiger partial charge in [-0.2, -0.15) is 0 Å². The minimum Gasteiger partial charge on any atom is -0.481 e. The van der Waals surface area contributed by atoms with Crippen LogP contribution in [-0.4, -0.2) is 11.1 Å². The number of hydrogen-bond acceptors (Lipinski definition) is 1. The third kappa shape index (κ3) is 2.50. The highest BCUT2D eigenvalue weighted by atomic mass is 16.4. The first kappa shape index (κ1) is 9.56. The van der Waals surface area contributed by atoms with Crippen LogP contribution in [0.4, 0.5) is 0 Å². The number of carbonyl (C=O) groups is 1. The molecule has 2 unspecified atom stereocenters. The number of carboxylic acids is 1. The van der Waals surface area contributed by atoms with E-state index < -0.39 is 5.97 Å². The van der Waals surface area contributed by atoms with Gasteiger partial charge >= 0.3 is 5.97 Å². The third-order valence-electron chi connectivity index (χ3n) is 2.88. The summed E-state index contributed by atoms with van der Waals surface area (Å²) in [5.41, 5.74) is 0. The lowest BCUT2D eigenvalue weighted by atomic mass is 9.93. The Balaban J connectivity index is 2.55. The van der Waals surface area contributed by atoms with Gasteiger partial charge in [0.15, 0.2) is 0 Å². The highest BCUT2D eigenvalue weighted by molar-refractivity contribution is 5.69. The van der Waals surface area contributed by atoms with Crippen LogP contribution in [0.2, 0.25) is 0 Å². The van der Waals surface area contributed by atoms with Gasteiger partial charge in [0.25, 0.3) is 0 Å². The summed E-state index contributed by atoms with van der Waals surface area (Å²) in [5.74, 6) is 0.500. The highest BCUT2D eigenvalue weighted by Crippen LogP contribution is 2.30. The molecule has 1 saturated carbocycles. The maximum absolute atomic E-state index is 10.8. The molecule has 1 rings (SSSR count). The molecule has 0 aromatic carbocycles. The van der Waals surface area contributed by atoms with Crippen LogP contribution in [0.5, 0.6) is 0 Å². The molecule has 0 aliphatic heterocycles. The van der Waals surface area contributed by atoms with E-state index >= 15 is 0 Å².